The summed E-state index contributed by atoms with van der Waals surface area (Å²) in [7, 11) is 0. The fourth-order valence-electron chi connectivity index (χ4n) is 2.19. The molecule has 0 bridgehead atoms. The molecule has 3 aromatic rings. The predicted octanol–water partition coefficient (Wildman–Crippen LogP) is 2.86. The van der Waals surface area contributed by atoms with Crippen molar-refractivity contribution in [3.05, 3.63) is 54.1 Å². The summed E-state index contributed by atoms with van der Waals surface area (Å²) >= 11 is 0. The van der Waals surface area contributed by atoms with Crippen molar-refractivity contribution in [3.8, 4) is 0 Å². The van der Waals surface area contributed by atoms with E-state index in [2.05, 4.69) is 58.6 Å². The zero-order chi connectivity index (χ0) is 13.9. The van der Waals surface area contributed by atoms with Crippen molar-refractivity contribution < 1.29 is 0 Å². The van der Waals surface area contributed by atoms with Crippen LogP contribution in [0, 0.1) is 0 Å². The van der Waals surface area contributed by atoms with E-state index in [9.17, 15) is 0 Å². The van der Waals surface area contributed by atoms with E-state index in [4.69, 9.17) is 0 Å². The minimum atomic E-state index is 0.163. The first-order valence-corrected chi connectivity index (χ1v) is 6.77. The van der Waals surface area contributed by atoms with Crippen molar-refractivity contribution in [2.45, 2.75) is 26.3 Å². The summed E-state index contributed by atoms with van der Waals surface area (Å²) in [4.78, 5) is 4.34. The van der Waals surface area contributed by atoms with Gasteiger partial charge in [0.25, 0.3) is 0 Å². The first kappa shape index (κ1) is 12.6. The number of hydrogen-bond acceptors (Lipinski definition) is 4. The lowest BCUT2D eigenvalue weighted by Crippen LogP contribution is -2.09. The maximum absolute atomic E-state index is 4.34. The molecule has 0 amide bonds. The van der Waals surface area contributed by atoms with Crippen molar-refractivity contribution in [2.75, 3.05) is 5.32 Å². The molecule has 5 nitrogen and oxygen atoms in total. The molecule has 2 aromatic heterocycles. The van der Waals surface area contributed by atoms with Crippen molar-refractivity contribution >= 4 is 11.5 Å². The number of anilines is 1. The third-order valence-electron chi connectivity index (χ3n) is 3.46. The van der Waals surface area contributed by atoms with Gasteiger partial charge in [-0.3, -0.25) is 4.40 Å². The summed E-state index contributed by atoms with van der Waals surface area (Å²) in [5.74, 6) is 0.747. The maximum atomic E-state index is 4.34. The number of aryl methyl sites for hydroxylation is 1. The van der Waals surface area contributed by atoms with Gasteiger partial charge in [0.2, 0.25) is 5.65 Å². The standard InChI is InChI=1S/C15H17N5/c1-3-12-4-6-13(7-5-12)11(2)18-14-15-19-17-10-20(15)9-8-16-14/h4-11H,3H2,1-2H3,(H,16,18). The molecular weight excluding hydrogens is 250 g/mol. The number of benzene rings is 1. The van der Waals surface area contributed by atoms with Gasteiger partial charge in [0.05, 0.1) is 6.04 Å². The van der Waals surface area contributed by atoms with Gasteiger partial charge >= 0.3 is 0 Å². The Morgan fingerprint density at radius 3 is 2.80 bits per heavy atom. The molecular formula is C15H17N5. The first-order chi connectivity index (χ1) is 9.78. The van der Waals surface area contributed by atoms with E-state index in [1.807, 2.05) is 10.6 Å². The van der Waals surface area contributed by atoms with Gasteiger partial charge in [-0.15, -0.1) is 10.2 Å². The first-order valence-electron chi connectivity index (χ1n) is 6.77. The van der Waals surface area contributed by atoms with Gasteiger partial charge < -0.3 is 5.32 Å². The van der Waals surface area contributed by atoms with Gasteiger partial charge in [-0.2, -0.15) is 0 Å². The van der Waals surface area contributed by atoms with Crippen LogP contribution in [0.2, 0.25) is 0 Å². The largest absolute Gasteiger partial charge is 0.360 e. The van der Waals surface area contributed by atoms with Gasteiger partial charge in [0, 0.05) is 12.4 Å². The second-order valence-electron chi connectivity index (χ2n) is 4.80. The lowest BCUT2D eigenvalue weighted by atomic mass is 10.1. The predicted molar refractivity (Wildman–Crippen MR) is 78.6 cm³/mol. The molecule has 1 aromatic carbocycles. The smallest absolute Gasteiger partial charge is 0.203 e. The molecule has 20 heavy (non-hydrogen) atoms. The molecule has 2 heterocycles. The van der Waals surface area contributed by atoms with Crippen molar-refractivity contribution in [1.82, 2.24) is 19.6 Å². The molecule has 0 saturated carbocycles. The van der Waals surface area contributed by atoms with E-state index in [0.717, 1.165) is 17.9 Å². The van der Waals surface area contributed by atoms with E-state index in [0.29, 0.717) is 0 Å². The fraction of sp³-hybridized carbons (Fsp3) is 0.267. The quantitative estimate of drug-likeness (QED) is 0.789. The van der Waals surface area contributed by atoms with Crippen LogP contribution in [0.3, 0.4) is 0 Å². The highest BCUT2D eigenvalue weighted by Crippen LogP contribution is 2.20. The summed E-state index contributed by atoms with van der Waals surface area (Å²) in [6.07, 6.45) is 6.30. The highest BCUT2D eigenvalue weighted by Gasteiger charge is 2.10. The zero-order valence-corrected chi connectivity index (χ0v) is 11.6. The Balaban J connectivity index is 1.84. The lowest BCUT2D eigenvalue weighted by Gasteiger charge is -2.15. The molecule has 0 fully saturated rings. The Kier molecular flexibility index (Phi) is 3.33. The zero-order valence-electron chi connectivity index (χ0n) is 11.6. The topological polar surface area (TPSA) is 55.1 Å². The van der Waals surface area contributed by atoms with Crippen LogP contribution in [0.15, 0.2) is 43.0 Å². The van der Waals surface area contributed by atoms with Crippen LogP contribution in [0.4, 0.5) is 5.82 Å². The highest BCUT2D eigenvalue weighted by molar-refractivity contribution is 5.62. The Hall–Kier alpha value is -2.43. The molecule has 0 aliphatic carbocycles. The van der Waals surface area contributed by atoms with E-state index < -0.39 is 0 Å². The molecule has 0 spiro atoms. The normalized spacial score (nSPS) is 12.5. The van der Waals surface area contributed by atoms with Crippen molar-refractivity contribution in [1.29, 1.82) is 0 Å². The Morgan fingerprint density at radius 2 is 2.05 bits per heavy atom. The van der Waals surface area contributed by atoms with E-state index in [-0.39, 0.29) is 6.04 Å². The molecule has 102 valence electrons. The molecule has 0 aliphatic heterocycles. The summed E-state index contributed by atoms with van der Waals surface area (Å²) in [5.41, 5.74) is 3.31. The van der Waals surface area contributed by atoms with Crippen LogP contribution >= 0.6 is 0 Å². The molecule has 0 saturated heterocycles. The molecule has 1 atom stereocenters. The number of nitrogens with one attached hydrogen (secondary N) is 1. The van der Waals surface area contributed by atoms with Crippen LogP contribution in [0.1, 0.15) is 31.0 Å². The molecule has 5 heteroatoms. The highest BCUT2D eigenvalue weighted by atomic mass is 15.2. The molecule has 0 radical (unpaired) electrons. The van der Waals surface area contributed by atoms with Crippen LogP contribution in [0.25, 0.3) is 5.65 Å². The number of fused-ring (bicyclic) bond motifs is 1. The fourth-order valence-corrected chi connectivity index (χ4v) is 2.19. The minimum Gasteiger partial charge on any atom is -0.360 e. The summed E-state index contributed by atoms with van der Waals surface area (Å²) in [5, 5.41) is 11.4. The minimum absolute atomic E-state index is 0.163. The Bertz CT molecular complexity index is 702. The lowest BCUT2D eigenvalue weighted by molar-refractivity contribution is 0.870. The third-order valence-corrected chi connectivity index (χ3v) is 3.46. The summed E-state index contributed by atoms with van der Waals surface area (Å²) in [6, 6.07) is 8.80. The van der Waals surface area contributed by atoms with Crippen molar-refractivity contribution in [2.24, 2.45) is 0 Å². The summed E-state index contributed by atoms with van der Waals surface area (Å²) in [6.45, 7) is 4.27. The van der Waals surface area contributed by atoms with Gasteiger partial charge in [-0.05, 0) is 24.5 Å². The van der Waals surface area contributed by atoms with E-state index in [1.165, 1.54) is 11.1 Å². The molecule has 3 rings (SSSR count). The van der Waals surface area contributed by atoms with Crippen molar-refractivity contribution in [3.63, 3.8) is 0 Å². The van der Waals surface area contributed by atoms with Crippen LogP contribution in [0.5, 0.6) is 0 Å². The van der Waals surface area contributed by atoms with Gasteiger partial charge in [0.1, 0.15) is 6.33 Å². The van der Waals surface area contributed by atoms with Gasteiger partial charge in [0.15, 0.2) is 5.82 Å². The van der Waals surface area contributed by atoms with E-state index in [1.54, 1.807) is 12.5 Å². The van der Waals surface area contributed by atoms with Crippen LogP contribution in [-0.4, -0.2) is 19.6 Å². The van der Waals surface area contributed by atoms with Crippen LogP contribution in [-0.2, 0) is 6.42 Å². The Morgan fingerprint density at radius 1 is 1.25 bits per heavy atom. The average Bonchev–Trinajstić information content (AvgIpc) is 2.97. The average molecular weight is 267 g/mol. The number of hydrogen-bond donors (Lipinski definition) is 1. The molecule has 1 N–H and O–H groups in total. The summed E-state index contributed by atoms with van der Waals surface area (Å²) < 4.78 is 1.85. The maximum Gasteiger partial charge on any atom is 0.203 e. The second-order valence-corrected chi connectivity index (χ2v) is 4.80. The van der Waals surface area contributed by atoms with Gasteiger partial charge in [-0.1, -0.05) is 31.2 Å². The van der Waals surface area contributed by atoms with E-state index >= 15 is 0 Å². The molecule has 1 unspecified atom stereocenters. The number of rotatable bonds is 4. The molecule has 0 aliphatic rings. The van der Waals surface area contributed by atoms with Gasteiger partial charge in [-0.25, -0.2) is 4.98 Å². The number of nitrogens with zero attached hydrogens (tertiary/aromatic N) is 4. The monoisotopic (exact) mass is 267 g/mol. The SMILES string of the molecule is CCc1ccc(C(C)Nc2nccn3cnnc23)cc1. The third kappa shape index (κ3) is 2.34. The second kappa shape index (κ2) is 5.28. The Labute approximate surface area is 117 Å². The van der Waals surface area contributed by atoms with Crippen LogP contribution < -0.4 is 5.32 Å². The number of aromatic nitrogens is 4.